The van der Waals surface area contributed by atoms with Gasteiger partial charge in [0.2, 0.25) is 0 Å². The molecule has 2 nitrogen and oxygen atoms in total. The Kier molecular flexibility index (Phi) is 3.90. The van der Waals surface area contributed by atoms with Crippen LogP contribution >= 0.6 is 27.5 Å². The van der Waals surface area contributed by atoms with E-state index in [0.29, 0.717) is 10.6 Å². The van der Waals surface area contributed by atoms with Crippen LogP contribution in [0.5, 0.6) is 0 Å². The van der Waals surface area contributed by atoms with Gasteiger partial charge in [0, 0.05) is 10.2 Å². The molecular formula is C14H10BrClN2. The van der Waals surface area contributed by atoms with E-state index in [1.165, 1.54) is 0 Å². The van der Waals surface area contributed by atoms with Crippen molar-refractivity contribution in [3.63, 3.8) is 0 Å². The van der Waals surface area contributed by atoms with Crippen LogP contribution in [0.4, 0.5) is 11.4 Å². The van der Waals surface area contributed by atoms with Crippen LogP contribution in [0.3, 0.4) is 0 Å². The van der Waals surface area contributed by atoms with Crippen LogP contribution in [0.1, 0.15) is 11.1 Å². The summed E-state index contributed by atoms with van der Waals surface area (Å²) in [6.45, 7) is 1.99. The third-order valence-corrected chi connectivity index (χ3v) is 3.55. The van der Waals surface area contributed by atoms with Gasteiger partial charge in [-0.25, -0.2) is 0 Å². The highest BCUT2D eigenvalue weighted by molar-refractivity contribution is 9.10. The minimum atomic E-state index is 0.608. The van der Waals surface area contributed by atoms with Crippen molar-refractivity contribution in [2.24, 2.45) is 0 Å². The average Bonchev–Trinajstić information content (AvgIpc) is 2.34. The standard InChI is InChI=1S/C14H10BrClN2/c1-9-3-2-4-13(16)14(9)18-11-6-5-10(8-17)12(15)7-11/h2-7,18H,1H3. The van der Waals surface area contributed by atoms with Crippen molar-refractivity contribution >= 4 is 38.9 Å². The van der Waals surface area contributed by atoms with E-state index in [1.54, 1.807) is 6.07 Å². The molecule has 0 unspecified atom stereocenters. The highest BCUT2D eigenvalue weighted by Gasteiger charge is 2.05. The van der Waals surface area contributed by atoms with Crippen LogP contribution < -0.4 is 5.32 Å². The Labute approximate surface area is 119 Å². The predicted octanol–water partition coefficient (Wildman–Crippen LogP) is 5.03. The van der Waals surface area contributed by atoms with Gasteiger partial charge in [0.05, 0.1) is 16.3 Å². The summed E-state index contributed by atoms with van der Waals surface area (Å²) in [5.41, 5.74) is 3.45. The maximum atomic E-state index is 8.87. The lowest BCUT2D eigenvalue weighted by molar-refractivity contribution is 1.42. The van der Waals surface area contributed by atoms with Crippen LogP contribution in [-0.2, 0) is 0 Å². The molecule has 0 aromatic heterocycles. The van der Waals surface area contributed by atoms with Crippen LogP contribution in [0.15, 0.2) is 40.9 Å². The Bertz CT molecular complexity index is 612. The number of anilines is 2. The quantitative estimate of drug-likeness (QED) is 0.842. The second-order valence-electron chi connectivity index (χ2n) is 3.86. The monoisotopic (exact) mass is 320 g/mol. The van der Waals surface area contributed by atoms with Gasteiger partial charge in [-0.1, -0.05) is 23.7 Å². The Morgan fingerprint density at radius 3 is 2.67 bits per heavy atom. The molecule has 0 amide bonds. The minimum absolute atomic E-state index is 0.608. The molecule has 2 aromatic carbocycles. The number of nitriles is 1. The lowest BCUT2D eigenvalue weighted by atomic mass is 10.1. The second-order valence-corrected chi connectivity index (χ2v) is 5.12. The molecule has 4 heteroatoms. The van der Waals surface area contributed by atoms with E-state index in [-0.39, 0.29) is 0 Å². The van der Waals surface area contributed by atoms with Crippen LogP contribution in [0.25, 0.3) is 0 Å². The average molecular weight is 322 g/mol. The minimum Gasteiger partial charge on any atom is -0.354 e. The number of para-hydroxylation sites is 1. The van der Waals surface area contributed by atoms with E-state index in [4.69, 9.17) is 16.9 Å². The first-order valence-corrected chi connectivity index (χ1v) is 6.50. The largest absolute Gasteiger partial charge is 0.354 e. The number of hydrogen-bond acceptors (Lipinski definition) is 2. The van der Waals surface area contributed by atoms with Gasteiger partial charge >= 0.3 is 0 Å². The fourth-order valence-electron chi connectivity index (χ4n) is 1.62. The van der Waals surface area contributed by atoms with Crippen LogP contribution in [0.2, 0.25) is 5.02 Å². The highest BCUT2D eigenvalue weighted by Crippen LogP contribution is 2.30. The fourth-order valence-corrected chi connectivity index (χ4v) is 2.35. The highest BCUT2D eigenvalue weighted by atomic mass is 79.9. The van der Waals surface area contributed by atoms with Crippen molar-refractivity contribution in [1.82, 2.24) is 0 Å². The number of aryl methyl sites for hydroxylation is 1. The van der Waals surface area contributed by atoms with Crippen molar-refractivity contribution in [2.75, 3.05) is 5.32 Å². The van der Waals surface area contributed by atoms with Crippen molar-refractivity contribution in [2.45, 2.75) is 6.92 Å². The van der Waals surface area contributed by atoms with E-state index in [1.807, 2.05) is 37.3 Å². The molecule has 0 heterocycles. The first-order chi connectivity index (χ1) is 8.61. The Balaban J connectivity index is 2.35. The lowest BCUT2D eigenvalue weighted by Crippen LogP contribution is -1.94. The van der Waals surface area contributed by atoms with E-state index < -0.39 is 0 Å². The van der Waals surface area contributed by atoms with Gasteiger partial charge in [-0.3, -0.25) is 0 Å². The Hall–Kier alpha value is -1.50. The maximum absolute atomic E-state index is 8.87. The number of nitrogens with zero attached hydrogens (tertiary/aromatic N) is 1. The summed E-state index contributed by atoms with van der Waals surface area (Å²) in [7, 11) is 0. The number of halogens is 2. The molecule has 0 aliphatic carbocycles. The third-order valence-electron chi connectivity index (χ3n) is 2.58. The lowest BCUT2D eigenvalue weighted by Gasteiger charge is -2.12. The summed E-state index contributed by atoms with van der Waals surface area (Å²) in [4.78, 5) is 0. The Morgan fingerprint density at radius 2 is 2.06 bits per heavy atom. The fraction of sp³-hybridized carbons (Fsp3) is 0.0714. The van der Waals surface area contributed by atoms with Crippen molar-refractivity contribution in [3.8, 4) is 6.07 Å². The van der Waals surface area contributed by atoms with Gasteiger partial charge in [-0.15, -0.1) is 0 Å². The molecule has 0 aliphatic heterocycles. The summed E-state index contributed by atoms with van der Waals surface area (Å²) in [5.74, 6) is 0. The molecular weight excluding hydrogens is 312 g/mol. The molecule has 0 saturated heterocycles. The van der Waals surface area contributed by atoms with Gasteiger partial charge in [0.25, 0.3) is 0 Å². The van der Waals surface area contributed by atoms with Gasteiger partial charge in [0.1, 0.15) is 6.07 Å². The summed E-state index contributed by atoms with van der Waals surface area (Å²) in [5, 5.41) is 12.8. The molecule has 0 atom stereocenters. The van der Waals surface area contributed by atoms with Gasteiger partial charge in [-0.05, 0) is 52.7 Å². The topological polar surface area (TPSA) is 35.8 Å². The maximum Gasteiger partial charge on any atom is 0.100 e. The van der Waals surface area contributed by atoms with Gasteiger partial charge in [0.15, 0.2) is 0 Å². The van der Waals surface area contributed by atoms with E-state index in [9.17, 15) is 0 Å². The van der Waals surface area contributed by atoms with Gasteiger partial charge in [-0.2, -0.15) is 5.26 Å². The number of nitrogens with one attached hydrogen (secondary N) is 1. The van der Waals surface area contributed by atoms with Gasteiger partial charge < -0.3 is 5.32 Å². The molecule has 90 valence electrons. The molecule has 0 bridgehead atoms. The van der Waals surface area contributed by atoms with Crippen molar-refractivity contribution in [3.05, 3.63) is 57.0 Å². The van der Waals surface area contributed by atoms with E-state index in [0.717, 1.165) is 21.4 Å². The zero-order chi connectivity index (χ0) is 13.1. The van der Waals surface area contributed by atoms with E-state index >= 15 is 0 Å². The summed E-state index contributed by atoms with van der Waals surface area (Å²) in [6.07, 6.45) is 0. The third kappa shape index (κ3) is 2.66. The summed E-state index contributed by atoms with van der Waals surface area (Å²) in [6, 6.07) is 13.3. The molecule has 18 heavy (non-hydrogen) atoms. The molecule has 2 aromatic rings. The first kappa shape index (κ1) is 12.9. The van der Waals surface area contributed by atoms with Crippen molar-refractivity contribution in [1.29, 1.82) is 5.26 Å². The molecule has 0 spiro atoms. The zero-order valence-electron chi connectivity index (χ0n) is 9.67. The summed E-state index contributed by atoms with van der Waals surface area (Å²) < 4.78 is 0.764. The number of benzene rings is 2. The number of rotatable bonds is 2. The SMILES string of the molecule is Cc1cccc(Cl)c1Nc1ccc(C#N)c(Br)c1. The number of hydrogen-bond donors (Lipinski definition) is 1. The Morgan fingerprint density at radius 1 is 1.28 bits per heavy atom. The van der Waals surface area contributed by atoms with E-state index in [2.05, 4.69) is 27.3 Å². The normalized spacial score (nSPS) is 9.89. The molecule has 2 rings (SSSR count). The molecule has 0 radical (unpaired) electrons. The second kappa shape index (κ2) is 5.43. The molecule has 0 saturated carbocycles. The van der Waals surface area contributed by atoms with Crippen LogP contribution in [0, 0.1) is 18.3 Å². The molecule has 0 aliphatic rings. The van der Waals surface area contributed by atoms with Crippen LogP contribution in [-0.4, -0.2) is 0 Å². The predicted molar refractivity (Wildman–Crippen MR) is 78.3 cm³/mol. The summed E-state index contributed by atoms with van der Waals surface area (Å²) >= 11 is 9.51. The molecule has 0 fully saturated rings. The zero-order valence-corrected chi connectivity index (χ0v) is 12.0. The molecule has 1 N–H and O–H groups in total. The first-order valence-electron chi connectivity index (χ1n) is 5.33. The van der Waals surface area contributed by atoms with Crippen molar-refractivity contribution < 1.29 is 0 Å². The smallest absolute Gasteiger partial charge is 0.100 e.